The Morgan fingerprint density at radius 3 is 2.94 bits per heavy atom. The van der Waals surface area contributed by atoms with Gasteiger partial charge in [-0.25, -0.2) is 4.98 Å². The van der Waals surface area contributed by atoms with E-state index < -0.39 is 0 Å². The maximum absolute atomic E-state index is 5.39. The molecule has 2 aromatic rings. The van der Waals surface area contributed by atoms with E-state index in [9.17, 15) is 0 Å². The third-order valence-corrected chi connectivity index (χ3v) is 3.88. The number of aromatic nitrogens is 4. The summed E-state index contributed by atoms with van der Waals surface area (Å²) in [6, 6.07) is 0.334. The number of imidazole rings is 1. The number of fused-ring (bicyclic) bond motifs is 1. The zero-order valence-electron chi connectivity index (χ0n) is 10.6. The fourth-order valence-electron chi connectivity index (χ4n) is 1.98. The predicted octanol–water partition coefficient (Wildman–Crippen LogP) is 2.81. The maximum Gasteiger partial charge on any atom is 0.242 e. The smallest absolute Gasteiger partial charge is 0.242 e. The van der Waals surface area contributed by atoms with Gasteiger partial charge >= 0.3 is 0 Å². The molecule has 5 nitrogen and oxygen atoms in total. The van der Waals surface area contributed by atoms with Gasteiger partial charge in [-0.05, 0) is 24.9 Å². The van der Waals surface area contributed by atoms with E-state index >= 15 is 0 Å². The molecule has 1 N–H and O–H groups in total. The standard InChI is InChI=1S/C11H16N4OS2/c1-4-7(5-18-3)15-9-8(14-11(15)17)10(16-2)13-6-12-9/h6-7H,4-5H2,1-3H3,(H,14,17). The molecule has 2 rings (SSSR count). The molecule has 2 aromatic heterocycles. The van der Waals surface area contributed by atoms with Crippen LogP contribution in [-0.2, 0) is 0 Å². The number of aromatic amines is 1. The van der Waals surface area contributed by atoms with Crippen molar-refractivity contribution in [2.75, 3.05) is 19.1 Å². The van der Waals surface area contributed by atoms with E-state index in [1.807, 2.05) is 0 Å². The minimum absolute atomic E-state index is 0.334. The minimum atomic E-state index is 0.334. The summed E-state index contributed by atoms with van der Waals surface area (Å²) < 4.78 is 7.95. The molecule has 0 aliphatic heterocycles. The van der Waals surface area contributed by atoms with Crippen LogP contribution in [0.1, 0.15) is 19.4 Å². The molecule has 0 saturated carbocycles. The molecule has 1 unspecified atom stereocenters. The molecule has 7 heteroatoms. The Kier molecular flexibility index (Phi) is 4.23. The van der Waals surface area contributed by atoms with Crippen LogP contribution in [0, 0.1) is 4.77 Å². The number of methoxy groups -OCH3 is 1. The van der Waals surface area contributed by atoms with Crippen molar-refractivity contribution in [2.45, 2.75) is 19.4 Å². The fraction of sp³-hybridized carbons (Fsp3) is 0.545. The van der Waals surface area contributed by atoms with Gasteiger partial charge in [0.25, 0.3) is 0 Å². The van der Waals surface area contributed by atoms with E-state index in [-0.39, 0.29) is 0 Å². The summed E-state index contributed by atoms with van der Waals surface area (Å²) in [7, 11) is 1.59. The highest BCUT2D eigenvalue weighted by molar-refractivity contribution is 7.98. The van der Waals surface area contributed by atoms with Crippen molar-refractivity contribution in [3.63, 3.8) is 0 Å². The number of nitrogens with zero attached hydrogens (tertiary/aromatic N) is 3. The minimum Gasteiger partial charge on any atom is -0.479 e. The first-order valence-corrected chi connectivity index (χ1v) is 7.51. The number of ether oxygens (including phenoxy) is 1. The van der Waals surface area contributed by atoms with Gasteiger partial charge in [-0.2, -0.15) is 16.7 Å². The van der Waals surface area contributed by atoms with Gasteiger partial charge < -0.3 is 9.72 Å². The fourth-order valence-corrected chi connectivity index (χ4v) is 3.08. The SMILES string of the molecule is CCC(CSC)n1c(=S)[nH]c2c(OC)ncnc21. The van der Waals surface area contributed by atoms with Crippen molar-refractivity contribution in [3.8, 4) is 5.88 Å². The summed E-state index contributed by atoms with van der Waals surface area (Å²) >= 11 is 7.20. The van der Waals surface area contributed by atoms with Crippen molar-refractivity contribution >= 4 is 35.1 Å². The molecule has 0 fully saturated rings. The number of hydrogen-bond donors (Lipinski definition) is 1. The Hall–Kier alpha value is -1.08. The van der Waals surface area contributed by atoms with Crippen molar-refractivity contribution in [1.82, 2.24) is 19.5 Å². The summed E-state index contributed by atoms with van der Waals surface area (Å²) in [5.41, 5.74) is 1.58. The molecule has 0 aliphatic carbocycles. The van der Waals surface area contributed by atoms with Crippen LogP contribution in [0.5, 0.6) is 5.88 Å². The number of H-pyrrole nitrogens is 1. The number of thioether (sulfide) groups is 1. The second-order valence-electron chi connectivity index (χ2n) is 3.90. The van der Waals surface area contributed by atoms with E-state index in [0.29, 0.717) is 16.7 Å². The first-order valence-electron chi connectivity index (χ1n) is 5.71. The zero-order chi connectivity index (χ0) is 13.1. The Morgan fingerprint density at radius 2 is 2.33 bits per heavy atom. The van der Waals surface area contributed by atoms with E-state index in [1.54, 1.807) is 18.9 Å². The Labute approximate surface area is 115 Å². The van der Waals surface area contributed by atoms with Crippen LogP contribution < -0.4 is 4.74 Å². The summed E-state index contributed by atoms with van der Waals surface area (Å²) in [6.45, 7) is 2.15. The van der Waals surface area contributed by atoms with Crippen LogP contribution >= 0.6 is 24.0 Å². The van der Waals surface area contributed by atoms with Crippen LogP contribution in [0.2, 0.25) is 0 Å². The van der Waals surface area contributed by atoms with E-state index in [0.717, 1.165) is 23.3 Å². The summed E-state index contributed by atoms with van der Waals surface area (Å²) in [4.78, 5) is 11.5. The Morgan fingerprint density at radius 1 is 1.56 bits per heavy atom. The lowest BCUT2D eigenvalue weighted by Crippen LogP contribution is -2.11. The van der Waals surface area contributed by atoms with Gasteiger partial charge in [-0.3, -0.25) is 4.57 Å². The molecule has 0 aliphatic rings. The zero-order valence-corrected chi connectivity index (χ0v) is 12.3. The molecular formula is C11H16N4OS2. The van der Waals surface area contributed by atoms with E-state index in [1.165, 1.54) is 6.33 Å². The second kappa shape index (κ2) is 5.71. The van der Waals surface area contributed by atoms with Gasteiger partial charge in [0.1, 0.15) is 11.8 Å². The maximum atomic E-state index is 5.39. The average molecular weight is 284 g/mol. The van der Waals surface area contributed by atoms with Gasteiger partial charge in [0.15, 0.2) is 10.4 Å². The highest BCUT2D eigenvalue weighted by Crippen LogP contribution is 2.26. The van der Waals surface area contributed by atoms with Crippen LogP contribution in [0.4, 0.5) is 0 Å². The summed E-state index contributed by atoms with van der Waals surface area (Å²) in [5, 5.41) is 0. The molecule has 0 spiro atoms. The van der Waals surface area contributed by atoms with Gasteiger partial charge in [-0.15, -0.1) is 0 Å². The van der Waals surface area contributed by atoms with Crippen molar-refractivity contribution in [2.24, 2.45) is 0 Å². The summed E-state index contributed by atoms with van der Waals surface area (Å²) in [5.74, 6) is 1.54. The second-order valence-corrected chi connectivity index (χ2v) is 5.20. The largest absolute Gasteiger partial charge is 0.479 e. The Balaban J connectivity index is 2.63. The molecule has 2 heterocycles. The molecule has 18 heavy (non-hydrogen) atoms. The monoisotopic (exact) mass is 284 g/mol. The average Bonchev–Trinajstić information content (AvgIpc) is 2.72. The molecule has 0 aromatic carbocycles. The molecule has 0 radical (unpaired) electrons. The van der Waals surface area contributed by atoms with Crippen LogP contribution in [-0.4, -0.2) is 38.6 Å². The molecule has 98 valence electrons. The highest BCUT2D eigenvalue weighted by atomic mass is 32.2. The molecule has 0 bridgehead atoms. The Bertz CT molecular complexity index is 592. The number of hydrogen-bond acceptors (Lipinski definition) is 5. The molecule has 1 atom stereocenters. The van der Waals surface area contributed by atoms with Gasteiger partial charge in [0.05, 0.1) is 7.11 Å². The lowest BCUT2D eigenvalue weighted by molar-refractivity contribution is 0.401. The summed E-state index contributed by atoms with van der Waals surface area (Å²) in [6.07, 6.45) is 4.61. The predicted molar refractivity (Wildman–Crippen MR) is 77.0 cm³/mol. The lowest BCUT2D eigenvalue weighted by atomic mass is 10.2. The van der Waals surface area contributed by atoms with Crippen LogP contribution in [0.15, 0.2) is 6.33 Å². The van der Waals surface area contributed by atoms with E-state index in [4.69, 9.17) is 17.0 Å². The van der Waals surface area contributed by atoms with Crippen molar-refractivity contribution < 1.29 is 4.74 Å². The van der Waals surface area contributed by atoms with Crippen LogP contribution in [0.3, 0.4) is 0 Å². The topological polar surface area (TPSA) is 55.7 Å². The van der Waals surface area contributed by atoms with Crippen molar-refractivity contribution in [1.29, 1.82) is 0 Å². The third-order valence-electron chi connectivity index (χ3n) is 2.86. The molecular weight excluding hydrogens is 268 g/mol. The third kappa shape index (κ3) is 2.24. The van der Waals surface area contributed by atoms with Gasteiger partial charge in [0.2, 0.25) is 5.88 Å². The van der Waals surface area contributed by atoms with Gasteiger partial charge in [0, 0.05) is 11.8 Å². The van der Waals surface area contributed by atoms with Gasteiger partial charge in [-0.1, -0.05) is 6.92 Å². The van der Waals surface area contributed by atoms with E-state index in [2.05, 4.69) is 32.7 Å². The lowest BCUT2D eigenvalue weighted by Gasteiger charge is -2.15. The highest BCUT2D eigenvalue weighted by Gasteiger charge is 2.17. The first kappa shape index (κ1) is 13.4. The molecule has 0 amide bonds. The number of nitrogens with one attached hydrogen (secondary N) is 1. The number of rotatable bonds is 5. The normalized spacial score (nSPS) is 12.8. The van der Waals surface area contributed by atoms with Crippen LogP contribution in [0.25, 0.3) is 11.2 Å². The van der Waals surface area contributed by atoms with Crippen molar-refractivity contribution in [3.05, 3.63) is 11.1 Å². The quantitative estimate of drug-likeness (QED) is 0.856. The first-order chi connectivity index (χ1) is 8.72. The molecule has 0 saturated heterocycles.